The topological polar surface area (TPSA) is 29.1 Å². The molecule has 94 valence electrons. The second kappa shape index (κ2) is 6.66. The zero-order valence-electron chi connectivity index (χ0n) is 9.82. The highest BCUT2D eigenvalue weighted by molar-refractivity contribution is 9.10. The van der Waals surface area contributed by atoms with Crippen molar-refractivity contribution in [2.75, 3.05) is 12.3 Å². The first-order valence-corrected chi connectivity index (χ1v) is 8.24. The number of hydrogen-bond donors (Lipinski definition) is 1. The van der Waals surface area contributed by atoms with Crippen LogP contribution in [-0.4, -0.2) is 22.5 Å². The lowest BCUT2D eigenvalue weighted by atomic mass is 10.0. The number of nitrogens with one attached hydrogen (secondary N) is 1. The standard InChI is InChI=1S/C13H18BrNOS/c14-11-4-3-6-13(10-11)17(16)9-7-12-5-1-2-8-15-12/h3-4,6,10,12,15H,1-2,5,7-9H2. The fourth-order valence-electron chi connectivity index (χ4n) is 2.15. The Morgan fingerprint density at radius 1 is 1.41 bits per heavy atom. The predicted octanol–water partition coefficient (Wildman–Crippen LogP) is 3.09. The molecular weight excluding hydrogens is 298 g/mol. The van der Waals surface area contributed by atoms with Crippen molar-refractivity contribution in [3.05, 3.63) is 28.7 Å². The minimum atomic E-state index is -0.865. The van der Waals surface area contributed by atoms with E-state index in [4.69, 9.17) is 0 Å². The van der Waals surface area contributed by atoms with Crippen LogP contribution in [0.3, 0.4) is 0 Å². The zero-order valence-corrected chi connectivity index (χ0v) is 12.2. The van der Waals surface area contributed by atoms with Crippen LogP contribution in [0.5, 0.6) is 0 Å². The molecule has 1 N–H and O–H groups in total. The Bertz CT molecular complexity index is 391. The summed E-state index contributed by atoms with van der Waals surface area (Å²) in [6, 6.07) is 8.36. The monoisotopic (exact) mass is 315 g/mol. The Balaban J connectivity index is 1.84. The molecular formula is C13H18BrNOS. The molecule has 0 aromatic heterocycles. The van der Waals surface area contributed by atoms with Crippen molar-refractivity contribution in [3.63, 3.8) is 0 Å². The van der Waals surface area contributed by atoms with Gasteiger partial charge in [-0.15, -0.1) is 0 Å². The van der Waals surface area contributed by atoms with E-state index in [1.54, 1.807) is 0 Å². The van der Waals surface area contributed by atoms with E-state index in [-0.39, 0.29) is 0 Å². The summed E-state index contributed by atoms with van der Waals surface area (Å²) in [5, 5.41) is 3.49. The van der Waals surface area contributed by atoms with Gasteiger partial charge in [0.25, 0.3) is 0 Å². The van der Waals surface area contributed by atoms with Crippen LogP contribution in [0.2, 0.25) is 0 Å². The number of benzene rings is 1. The minimum absolute atomic E-state index is 0.569. The molecule has 0 radical (unpaired) electrons. The van der Waals surface area contributed by atoms with Gasteiger partial charge in [-0.1, -0.05) is 28.4 Å². The molecule has 1 aliphatic rings. The van der Waals surface area contributed by atoms with Gasteiger partial charge in [0.05, 0.1) is 10.8 Å². The third kappa shape index (κ3) is 4.19. The molecule has 0 saturated carbocycles. The normalized spacial score (nSPS) is 22.3. The summed E-state index contributed by atoms with van der Waals surface area (Å²) in [5.41, 5.74) is 0. The molecule has 1 aliphatic heterocycles. The fourth-order valence-corrected chi connectivity index (χ4v) is 3.92. The van der Waals surface area contributed by atoms with Crippen molar-refractivity contribution in [2.45, 2.75) is 36.6 Å². The van der Waals surface area contributed by atoms with Crippen LogP contribution in [0.15, 0.2) is 33.6 Å². The van der Waals surface area contributed by atoms with Crippen molar-refractivity contribution < 1.29 is 4.21 Å². The van der Waals surface area contributed by atoms with Gasteiger partial charge in [0.2, 0.25) is 0 Å². The lowest BCUT2D eigenvalue weighted by Crippen LogP contribution is -2.34. The van der Waals surface area contributed by atoms with Crippen LogP contribution < -0.4 is 5.32 Å². The van der Waals surface area contributed by atoms with E-state index in [0.717, 1.165) is 28.1 Å². The average molecular weight is 316 g/mol. The zero-order chi connectivity index (χ0) is 12.1. The van der Waals surface area contributed by atoms with Gasteiger partial charge >= 0.3 is 0 Å². The number of piperidine rings is 1. The first-order chi connectivity index (χ1) is 8.25. The Labute approximate surface area is 114 Å². The molecule has 2 rings (SSSR count). The second-order valence-corrected chi connectivity index (χ2v) is 6.93. The highest BCUT2D eigenvalue weighted by atomic mass is 79.9. The van der Waals surface area contributed by atoms with E-state index in [9.17, 15) is 4.21 Å². The predicted molar refractivity (Wildman–Crippen MR) is 75.7 cm³/mol. The summed E-state index contributed by atoms with van der Waals surface area (Å²) in [5.74, 6) is 0.758. The van der Waals surface area contributed by atoms with Crippen LogP contribution in [0, 0.1) is 0 Å². The first-order valence-electron chi connectivity index (χ1n) is 6.13. The fraction of sp³-hybridized carbons (Fsp3) is 0.538. The summed E-state index contributed by atoms with van der Waals surface area (Å²) in [6.07, 6.45) is 4.83. The van der Waals surface area contributed by atoms with Crippen molar-refractivity contribution in [1.82, 2.24) is 5.32 Å². The first kappa shape index (κ1) is 13.2. The maximum Gasteiger partial charge on any atom is 0.0530 e. The summed E-state index contributed by atoms with van der Waals surface area (Å²) >= 11 is 3.41. The molecule has 0 amide bonds. The van der Waals surface area contributed by atoms with Crippen LogP contribution in [0.25, 0.3) is 0 Å². The van der Waals surface area contributed by atoms with Gasteiger partial charge in [-0.3, -0.25) is 4.21 Å². The summed E-state index contributed by atoms with van der Waals surface area (Å²) in [4.78, 5) is 0.926. The molecule has 2 nitrogen and oxygen atoms in total. The van der Waals surface area contributed by atoms with Crippen LogP contribution >= 0.6 is 15.9 Å². The Hall–Kier alpha value is -0.190. The third-order valence-electron chi connectivity index (χ3n) is 3.12. The van der Waals surface area contributed by atoms with Crippen LogP contribution in [0.4, 0.5) is 0 Å². The third-order valence-corrected chi connectivity index (χ3v) is 5.00. The molecule has 1 fully saturated rings. The van der Waals surface area contributed by atoms with Gasteiger partial charge in [0, 0.05) is 21.2 Å². The van der Waals surface area contributed by atoms with E-state index in [1.807, 2.05) is 24.3 Å². The van der Waals surface area contributed by atoms with Gasteiger partial charge in [0.1, 0.15) is 0 Å². The van der Waals surface area contributed by atoms with E-state index in [0.29, 0.717) is 6.04 Å². The number of rotatable bonds is 4. The van der Waals surface area contributed by atoms with Gasteiger partial charge in [-0.2, -0.15) is 0 Å². The molecule has 1 aromatic rings. The molecule has 1 saturated heterocycles. The van der Waals surface area contributed by atoms with Crippen molar-refractivity contribution in [2.24, 2.45) is 0 Å². The van der Waals surface area contributed by atoms with Crippen molar-refractivity contribution in [3.8, 4) is 0 Å². The molecule has 1 heterocycles. The molecule has 17 heavy (non-hydrogen) atoms. The average Bonchev–Trinajstić information content (AvgIpc) is 2.37. The Morgan fingerprint density at radius 3 is 3.00 bits per heavy atom. The molecule has 4 heteroatoms. The smallest absolute Gasteiger partial charge is 0.0530 e. The van der Waals surface area contributed by atoms with E-state index < -0.39 is 10.8 Å². The summed E-state index contributed by atoms with van der Waals surface area (Å²) < 4.78 is 13.1. The molecule has 0 spiro atoms. The van der Waals surface area contributed by atoms with Gasteiger partial charge in [0.15, 0.2) is 0 Å². The van der Waals surface area contributed by atoms with Gasteiger partial charge in [-0.25, -0.2) is 0 Å². The van der Waals surface area contributed by atoms with E-state index in [1.165, 1.54) is 19.3 Å². The van der Waals surface area contributed by atoms with Crippen molar-refractivity contribution >= 4 is 26.7 Å². The van der Waals surface area contributed by atoms with Crippen LogP contribution in [0.1, 0.15) is 25.7 Å². The highest BCUT2D eigenvalue weighted by Gasteiger charge is 2.14. The highest BCUT2D eigenvalue weighted by Crippen LogP contribution is 2.17. The Kier molecular flexibility index (Phi) is 5.19. The van der Waals surface area contributed by atoms with Crippen molar-refractivity contribution in [1.29, 1.82) is 0 Å². The molecule has 0 bridgehead atoms. The quantitative estimate of drug-likeness (QED) is 0.925. The Morgan fingerprint density at radius 2 is 2.29 bits per heavy atom. The summed E-state index contributed by atoms with van der Waals surface area (Å²) in [6.45, 7) is 1.12. The molecule has 2 unspecified atom stereocenters. The maximum absolute atomic E-state index is 12.1. The maximum atomic E-state index is 12.1. The SMILES string of the molecule is O=S(CCC1CCCCN1)c1cccc(Br)c1. The molecule has 2 atom stereocenters. The van der Waals surface area contributed by atoms with Gasteiger partial charge in [-0.05, 0) is 44.0 Å². The van der Waals surface area contributed by atoms with Crippen LogP contribution in [-0.2, 0) is 10.8 Å². The minimum Gasteiger partial charge on any atom is -0.314 e. The molecule has 1 aromatic carbocycles. The van der Waals surface area contributed by atoms with Gasteiger partial charge < -0.3 is 5.32 Å². The number of hydrogen-bond acceptors (Lipinski definition) is 2. The van der Waals surface area contributed by atoms with E-state index in [2.05, 4.69) is 21.2 Å². The van der Waals surface area contributed by atoms with E-state index >= 15 is 0 Å². The lowest BCUT2D eigenvalue weighted by Gasteiger charge is -2.23. The number of halogens is 1. The molecule has 0 aliphatic carbocycles. The second-order valence-electron chi connectivity index (χ2n) is 4.44. The lowest BCUT2D eigenvalue weighted by molar-refractivity contribution is 0.394. The largest absolute Gasteiger partial charge is 0.314 e. The summed E-state index contributed by atoms with van der Waals surface area (Å²) in [7, 11) is -0.865.